The van der Waals surface area contributed by atoms with Gasteiger partial charge in [0.2, 0.25) is 5.91 Å². The third-order valence-corrected chi connectivity index (χ3v) is 3.75. The Kier molecular flexibility index (Phi) is 5.64. The van der Waals surface area contributed by atoms with Crippen LogP contribution in [-0.2, 0) is 16.0 Å². The molecular formula is C18H26N2O3. The van der Waals surface area contributed by atoms with E-state index in [4.69, 9.17) is 4.74 Å². The van der Waals surface area contributed by atoms with Gasteiger partial charge in [0.1, 0.15) is 5.60 Å². The molecule has 0 unspecified atom stereocenters. The Morgan fingerprint density at radius 2 is 1.57 bits per heavy atom. The Morgan fingerprint density at radius 1 is 1.00 bits per heavy atom. The fraction of sp³-hybridized carbons (Fsp3) is 0.556. The van der Waals surface area contributed by atoms with Crippen LogP contribution >= 0.6 is 0 Å². The Labute approximate surface area is 138 Å². The van der Waals surface area contributed by atoms with Gasteiger partial charge in [-0.15, -0.1) is 0 Å². The Balaban J connectivity index is 1.75. The van der Waals surface area contributed by atoms with Crippen molar-refractivity contribution in [3.8, 4) is 0 Å². The number of carbonyl (C=O) groups is 2. The molecule has 0 radical (unpaired) electrons. The van der Waals surface area contributed by atoms with Gasteiger partial charge in [0.25, 0.3) is 0 Å². The maximum atomic E-state index is 12.3. The summed E-state index contributed by atoms with van der Waals surface area (Å²) in [7, 11) is 0. The SMILES string of the molecule is CC(C)(C)OC(=O)N1CCN(C(=O)CCc2ccccc2)CC1. The highest BCUT2D eigenvalue weighted by molar-refractivity contribution is 5.77. The summed E-state index contributed by atoms with van der Waals surface area (Å²) in [6, 6.07) is 10.0. The summed E-state index contributed by atoms with van der Waals surface area (Å²) in [5.41, 5.74) is 0.688. The molecule has 1 aromatic rings. The van der Waals surface area contributed by atoms with Crippen molar-refractivity contribution in [3.05, 3.63) is 35.9 Å². The molecule has 1 aliphatic heterocycles. The second-order valence-corrected chi connectivity index (χ2v) is 6.83. The lowest BCUT2D eigenvalue weighted by Crippen LogP contribution is -2.51. The lowest BCUT2D eigenvalue weighted by Gasteiger charge is -2.35. The first kappa shape index (κ1) is 17.3. The largest absolute Gasteiger partial charge is 0.444 e. The lowest BCUT2D eigenvalue weighted by molar-refractivity contribution is -0.132. The molecule has 1 saturated heterocycles. The van der Waals surface area contributed by atoms with Crippen molar-refractivity contribution in [2.45, 2.75) is 39.2 Å². The molecule has 0 saturated carbocycles. The van der Waals surface area contributed by atoms with E-state index in [1.165, 1.54) is 5.56 Å². The normalized spacial score (nSPS) is 15.4. The molecule has 2 rings (SSSR count). The number of rotatable bonds is 3. The van der Waals surface area contributed by atoms with Crippen LogP contribution in [0, 0.1) is 0 Å². The summed E-state index contributed by atoms with van der Waals surface area (Å²) in [5, 5.41) is 0. The number of carbonyl (C=O) groups excluding carboxylic acids is 2. The van der Waals surface area contributed by atoms with Crippen LogP contribution in [0.4, 0.5) is 4.79 Å². The van der Waals surface area contributed by atoms with E-state index in [2.05, 4.69) is 0 Å². The van der Waals surface area contributed by atoms with Gasteiger partial charge in [-0.3, -0.25) is 4.79 Å². The van der Waals surface area contributed by atoms with Gasteiger partial charge in [0.05, 0.1) is 0 Å². The molecule has 0 atom stereocenters. The zero-order valence-electron chi connectivity index (χ0n) is 14.2. The van der Waals surface area contributed by atoms with E-state index in [1.54, 1.807) is 4.90 Å². The predicted molar refractivity (Wildman–Crippen MR) is 89.2 cm³/mol. The molecule has 1 heterocycles. The summed E-state index contributed by atoms with van der Waals surface area (Å²) in [6.45, 7) is 7.79. The number of piperazine rings is 1. The Hall–Kier alpha value is -2.04. The quantitative estimate of drug-likeness (QED) is 0.861. The van der Waals surface area contributed by atoms with Crippen LogP contribution in [-0.4, -0.2) is 53.6 Å². The van der Waals surface area contributed by atoms with Crippen molar-refractivity contribution in [1.82, 2.24) is 9.80 Å². The number of aryl methyl sites for hydroxylation is 1. The Bertz CT molecular complexity index is 529. The number of amides is 2. The van der Waals surface area contributed by atoms with Crippen molar-refractivity contribution >= 4 is 12.0 Å². The lowest BCUT2D eigenvalue weighted by atomic mass is 10.1. The van der Waals surface area contributed by atoms with Gasteiger partial charge in [0, 0.05) is 32.6 Å². The molecule has 23 heavy (non-hydrogen) atoms. The van der Waals surface area contributed by atoms with Crippen LogP contribution in [0.15, 0.2) is 30.3 Å². The number of hydrogen-bond donors (Lipinski definition) is 0. The summed E-state index contributed by atoms with van der Waals surface area (Å²) >= 11 is 0. The molecule has 1 aromatic carbocycles. The van der Waals surface area contributed by atoms with E-state index >= 15 is 0 Å². The van der Waals surface area contributed by atoms with E-state index in [-0.39, 0.29) is 12.0 Å². The number of ether oxygens (including phenoxy) is 1. The van der Waals surface area contributed by atoms with E-state index in [0.29, 0.717) is 32.6 Å². The fourth-order valence-electron chi connectivity index (χ4n) is 2.52. The maximum Gasteiger partial charge on any atom is 0.410 e. The molecule has 0 aromatic heterocycles. The van der Waals surface area contributed by atoms with Crippen LogP contribution in [0.3, 0.4) is 0 Å². The molecule has 126 valence electrons. The van der Waals surface area contributed by atoms with E-state index in [0.717, 1.165) is 6.42 Å². The fourth-order valence-corrected chi connectivity index (χ4v) is 2.52. The second kappa shape index (κ2) is 7.49. The summed E-state index contributed by atoms with van der Waals surface area (Å²) in [5.74, 6) is 0.151. The molecule has 1 aliphatic rings. The van der Waals surface area contributed by atoms with Gasteiger partial charge in [-0.05, 0) is 32.8 Å². The molecule has 2 amide bonds. The van der Waals surface area contributed by atoms with Crippen molar-refractivity contribution in [2.24, 2.45) is 0 Å². The molecule has 5 heteroatoms. The van der Waals surface area contributed by atoms with E-state index in [9.17, 15) is 9.59 Å². The van der Waals surface area contributed by atoms with Gasteiger partial charge in [-0.1, -0.05) is 30.3 Å². The predicted octanol–water partition coefficient (Wildman–Crippen LogP) is 2.70. The minimum Gasteiger partial charge on any atom is -0.444 e. The van der Waals surface area contributed by atoms with Gasteiger partial charge >= 0.3 is 6.09 Å². The molecule has 1 fully saturated rings. The van der Waals surface area contributed by atoms with Crippen molar-refractivity contribution in [3.63, 3.8) is 0 Å². The molecule has 5 nitrogen and oxygen atoms in total. The van der Waals surface area contributed by atoms with Crippen LogP contribution < -0.4 is 0 Å². The average molecular weight is 318 g/mol. The first-order valence-electron chi connectivity index (χ1n) is 8.15. The van der Waals surface area contributed by atoms with E-state index in [1.807, 2.05) is 56.0 Å². The molecule has 0 aliphatic carbocycles. The minimum atomic E-state index is -0.486. The molecular weight excluding hydrogens is 292 g/mol. The maximum absolute atomic E-state index is 12.3. The van der Waals surface area contributed by atoms with Crippen LogP contribution in [0.1, 0.15) is 32.8 Å². The first-order chi connectivity index (χ1) is 10.8. The first-order valence-corrected chi connectivity index (χ1v) is 8.15. The highest BCUT2D eigenvalue weighted by Gasteiger charge is 2.27. The third-order valence-electron chi connectivity index (χ3n) is 3.75. The average Bonchev–Trinajstić information content (AvgIpc) is 2.52. The van der Waals surface area contributed by atoms with Gasteiger partial charge in [-0.25, -0.2) is 4.79 Å². The molecule has 0 N–H and O–H groups in total. The zero-order valence-corrected chi connectivity index (χ0v) is 14.2. The third kappa shape index (κ3) is 5.58. The van der Waals surface area contributed by atoms with Crippen molar-refractivity contribution < 1.29 is 14.3 Å². The van der Waals surface area contributed by atoms with E-state index < -0.39 is 5.60 Å². The molecule has 0 bridgehead atoms. The van der Waals surface area contributed by atoms with Crippen LogP contribution in [0.25, 0.3) is 0 Å². The van der Waals surface area contributed by atoms with Gasteiger partial charge < -0.3 is 14.5 Å². The van der Waals surface area contributed by atoms with Crippen molar-refractivity contribution in [1.29, 1.82) is 0 Å². The highest BCUT2D eigenvalue weighted by atomic mass is 16.6. The summed E-state index contributed by atoms with van der Waals surface area (Å²) in [6.07, 6.45) is 0.969. The van der Waals surface area contributed by atoms with Gasteiger partial charge in [0.15, 0.2) is 0 Å². The Morgan fingerprint density at radius 3 is 2.13 bits per heavy atom. The molecule has 0 spiro atoms. The second-order valence-electron chi connectivity index (χ2n) is 6.83. The summed E-state index contributed by atoms with van der Waals surface area (Å²) < 4.78 is 5.36. The smallest absolute Gasteiger partial charge is 0.410 e. The summed E-state index contributed by atoms with van der Waals surface area (Å²) in [4.78, 5) is 27.8. The van der Waals surface area contributed by atoms with Crippen LogP contribution in [0.5, 0.6) is 0 Å². The zero-order chi connectivity index (χ0) is 16.9. The number of nitrogens with zero attached hydrogens (tertiary/aromatic N) is 2. The minimum absolute atomic E-state index is 0.151. The standard InChI is InChI=1S/C18H26N2O3/c1-18(2,3)23-17(22)20-13-11-19(12-14-20)16(21)10-9-15-7-5-4-6-8-15/h4-8H,9-14H2,1-3H3. The highest BCUT2D eigenvalue weighted by Crippen LogP contribution is 2.13. The number of benzene rings is 1. The van der Waals surface area contributed by atoms with Crippen molar-refractivity contribution in [2.75, 3.05) is 26.2 Å². The van der Waals surface area contributed by atoms with Crippen LogP contribution in [0.2, 0.25) is 0 Å². The van der Waals surface area contributed by atoms with Gasteiger partial charge in [-0.2, -0.15) is 0 Å². The number of hydrogen-bond acceptors (Lipinski definition) is 3. The monoisotopic (exact) mass is 318 g/mol. The topological polar surface area (TPSA) is 49.9 Å².